The summed E-state index contributed by atoms with van der Waals surface area (Å²) < 4.78 is 14.9. The van der Waals surface area contributed by atoms with Gasteiger partial charge in [-0.15, -0.1) is 16.9 Å². The molecule has 0 aliphatic carbocycles. The highest BCUT2D eigenvalue weighted by Gasteiger charge is 2.27. The number of nitrogens with zero attached hydrogens (tertiary/aromatic N) is 4. The van der Waals surface area contributed by atoms with Crippen molar-refractivity contribution < 1.29 is 9.18 Å². The quantitative estimate of drug-likeness (QED) is 0.410. The highest BCUT2D eigenvalue weighted by atomic mass is 32.2. The van der Waals surface area contributed by atoms with Gasteiger partial charge in [-0.25, -0.2) is 13.9 Å². The second-order valence-corrected chi connectivity index (χ2v) is 9.54. The molecule has 164 valence electrons. The number of carbonyl (C=O) groups excluding carboxylic acids is 1. The monoisotopic (exact) mass is 467 g/mol. The number of hydrogen-bond acceptors (Lipinski definition) is 6. The fraction of sp³-hybridized carbons (Fsp3) is 0.261. The molecule has 0 radical (unpaired) electrons. The first kappa shape index (κ1) is 21.0. The Balaban J connectivity index is 1.21. The van der Waals surface area contributed by atoms with E-state index in [2.05, 4.69) is 20.3 Å². The van der Waals surface area contributed by atoms with Crippen LogP contribution in [0.3, 0.4) is 0 Å². The summed E-state index contributed by atoms with van der Waals surface area (Å²) in [4.78, 5) is 21.5. The molecule has 1 aliphatic rings. The van der Waals surface area contributed by atoms with Crippen molar-refractivity contribution in [3.05, 3.63) is 60.5 Å². The van der Waals surface area contributed by atoms with Crippen molar-refractivity contribution in [2.24, 2.45) is 5.92 Å². The number of rotatable bonds is 5. The molecule has 0 bridgehead atoms. The average Bonchev–Trinajstić information content (AvgIpc) is 3.39. The van der Waals surface area contributed by atoms with Gasteiger partial charge < -0.3 is 10.2 Å². The number of imidazole rings is 1. The third-order valence-electron chi connectivity index (χ3n) is 5.65. The highest BCUT2D eigenvalue weighted by Crippen LogP contribution is 2.30. The van der Waals surface area contributed by atoms with E-state index in [9.17, 15) is 9.18 Å². The minimum atomic E-state index is -0.263. The maximum absolute atomic E-state index is 13.2. The van der Waals surface area contributed by atoms with Crippen LogP contribution in [0.1, 0.15) is 12.8 Å². The van der Waals surface area contributed by atoms with Gasteiger partial charge in [-0.1, -0.05) is 17.4 Å². The van der Waals surface area contributed by atoms with E-state index in [1.54, 1.807) is 28.4 Å². The van der Waals surface area contributed by atoms with Crippen LogP contribution >= 0.6 is 23.1 Å². The standard InChI is InChI=1S/C23H22FN5OS2/c1-31-19-4-2-3-18(13-19)25-21(30)16-9-11-28(12-10-16)23-27-29-14-20(26-22(29)32-23)15-5-7-17(24)8-6-15/h2-8,13-14,16H,9-12H2,1H3,(H,25,30). The van der Waals surface area contributed by atoms with Crippen molar-refractivity contribution in [2.75, 3.05) is 29.6 Å². The van der Waals surface area contributed by atoms with Gasteiger partial charge in [0.05, 0.1) is 11.9 Å². The lowest BCUT2D eigenvalue weighted by molar-refractivity contribution is -0.120. The lowest BCUT2D eigenvalue weighted by Gasteiger charge is -2.30. The Morgan fingerprint density at radius 1 is 1.19 bits per heavy atom. The van der Waals surface area contributed by atoms with Gasteiger partial charge in [-0.05, 0) is 61.6 Å². The molecule has 0 spiro atoms. The third kappa shape index (κ3) is 4.35. The molecule has 2 aromatic heterocycles. The van der Waals surface area contributed by atoms with Gasteiger partial charge in [0.15, 0.2) is 0 Å². The summed E-state index contributed by atoms with van der Waals surface area (Å²) in [7, 11) is 0. The van der Waals surface area contributed by atoms with Crippen LogP contribution in [-0.4, -0.2) is 39.9 Å². The molecule has 1 saturated heterocycles. The van der Waals surface area contributed by atoms with Crippen molar-refractivity contribution in [1.82, 2.24) is 14.6 Å². The zero-order chi connectivity index (χ0) is 22.1. The van der Waals surface area contributed by atoms with Crippen molar-refractivity contribution in [2.45, 2.75) is 17.7 Å². The van der Waals surface area contributed by atoms with E-state index in [-0.39, 0.29) is 17.6 Å². The minimum absolute atomic E-state index is 0.00157. The summed E-state index contributed by atoms with van der Waals surface area (Å²) in [6.45, 7) is 1.56. The number of benzene rings is 2. The van der Waals surface area contributed by atoms with Crippen molar-refractivity contribution in [3.8, 4) is 11.3 Å². The van der Waals surface area contributed by atoms with Crippen LogP contribution in [0.2, 0.25) is 0 Å². The molecule has 1 N–H and O–H groups in total. The summed E-state index contributed by atoms with van der Waals surface area (Å²) in [6.07, 6.45) is 5.47. The molecule has 0 atom stereocenters. The molecule has 0 saturated carbocycles. The first-order valence-corrected chi connectivity index (χ1v) is 12.5. The molecule has 5 rings (SSSR count). The molecule has 1 amide bonds. The predicted octanol–water partition coefficient (Wildman–Crippen LogP) is 5.17. The number of anilines is 2. The van der Waals surface area contributed by atoms with Crippen LogP contribution in [0.5, 0.6) is 0 Å². The number of fused-ring (bicyclic) bond motifs is 1. The van der Waals surface area contributed by atoms with Gasteiger partial charge in [0, 0.05) is 35.2 Å². The molecule has 0 unspecified atom stereocenters. The minimum Gasteiger partial charge on any atom is -0.347 e. The summed E-state index contributed by atoms with van der Waals surface area (Å²) in [6, 6.07) is 14.2. The van der Waals surface area contributed by atoms with Crippen LogP contribution in [0.4, 0.5) is 15.2 Å². The molecule has 4 aromatic rings. The number of carbonyl (C=O) groups is 1. The Labute approximate surface area is 193 Å². The van der Waals surface area contributed by atoms with Crippen LogP contribution in [0, 0.1) is 11.7 Å². The number of nitrogens with one attached hydrogen (secondary N) is 1. The van der Waals surface area contributed by atoms with Crippen molar-refractivity contribution in [1.29, 1.82) is 0 Å². The molecule has 1 fully saturated rings. The van der Waals surface area contributed by atoms with Gasteiger partial charge in [0.2, 0.25) is 16.0 Å². The Morgan fingerprint density at radius 2 is 1.97 bits per heavy atom. The normalized spacial score (nSPS) is 14.8. The smallest absolute Gasteiger partial charge is 0.227 e. The Morgan fingerprint density at radius 3 is 2.69 bits per heavy atom. The fourth-order valence-corrected chi connectivity index (χ4v) is 5.25. The summed E-state index contributed by atoms with van der Waals surface area (Å²) in [5, 5.41) is 8.65. The Hall–Kier alpha value is -2.91. The zero-order valence-electron chi connectivity index (χ0n) is 17.5. The molecule has 6 nitrogen and oxygen atoms in total. The highest BCUT2D eigenvalue weighted by molar-refractivity contribution is 7.98. The summed E-state index contributed by atoms with van der Waals surface area (Å²) in [5.74, 6) is -0.181. The maximum atomic E-state index is 13.2. The van der Waals surface area contributed by atoms with Gasteiger partial charge in [0.25, 0.3) is 0 Å². The second kappa shape index (κ2) is 8.91. The topological polar surface area (TPSA) is 62.5 Å². The lowest BCUT2D eigenvalue weighted by atomic mass is 9.96. The number of piperidine rings is 1. The van der Waals surface area contributed by atoms with Crippen molar-refractivity contribution in [3.63, 3.8) is 0 Å². The van der Waals surface area contributed by atoms with E-state index >= 15 is 0 Å². The fourth-order valence-electron chi connectivity index (χ4n) is 3.86. The van der Waals surface area contributed by atoms with E-state index in [1.165, 1.54) is 23.5 Å². The van der Waals surface area contributed by atoms with Crippen LogP contribution in [0.15, 0.2) is 59.6 Å². The summed E-state index contributed by atoms with van der Waals surface area (Å²) >= 11 is 3.19. The van der Waals surface area contributed by atoms with Crippen molar-refractivity contribution >= 4 is 44.8 Å². The first-order valence-electron chi connectivity index (χ1n) is 10.4. The van der Waals surface area contributed by atoms with E-state index in [0.29, 0.717) is 0 Å². The molecule has 3 heterocycles. The molecular weight excluding hydrogens is 445 g/mol. The number of hydrogen-bond donors (Lipinski definition) is 1. The largest absolute Gasteiger partial charge is 0.347 e. The van der Waals surface area contributed by atoms with Gasteiger partial charge in [-0.3, -0.25) is 4.79 Å². The first-order chi connectivity index (χ1) is 15.6. The predicted molar refractivity (Wildman–Crippen MR) is 128 cm³/mol. The molecule has 1 aliphatic heterocycles. The maximum Gasteiger partial charge on any atom is 0.227 e. The molecule has 9 heteroatoms. The van der Waals surface area contributed by atoms with Gasteiger partial charge >= 0.3 is 0 Å². The molecule has 32 heavy (non-hydrogen) atoms. The van der Waals surface area contributed by atoms with Gasteiger partial charge in [-0.2, -0.15) is 0 Å². The average molecular weight is 468 g/mol. The van der Waals surface area contributed by atoms with Crippen LogP contribution in [0.25, 0.3) is 16.2 Å². The number of amides is 1. The lowest BCUT2D eigenvalue weighted by Crippen LogP contribution is -2.38. The van der Waals surface area contributed by atoms with Gasteiger partial charge in [0.1, 0.15) is 5.82 Å². The number of aromatic nitrogens is 3. The Kier molecular flexibility index (Phi) is 5.84. The third-order valence-corrected chi connectivity index (χ3v) is 7.35. The van der Waals surface area contributed by atoms with Crippen LogP contribution in [-0.2, 0) is 4.79 Å². The SMILES string of the molecule is CSc1cccc(NC(=O)C2CCN(c3nn4cc(-c5ccc(F)cc5)nc4s3)CC2)c1. The molecule has 2 aromatic carbocycles. The number of halogens is 1. The Bertz CT molecular complexity index is 1210. The number of thioether (sulfide) groups is 1. The van der Waals surface area contributed by atoms with E-state index in [0.717, 1.165) is 57.9 Å². The van der Waals surface area contributed by atoms with E-state index < -0.39 is 0 Å². The second-order valence-electron chi connectivity index (χ2n) is 7.73. The summed E-state index contributed by atoms with van der Waals surface area (Å²) in [5.41, 5.74) is 2.49. The zero-order valence-corrected chi connectivity index (χ0v) is 19.1. The molecular formula is C23H22FN5OS2. The van der Waals surface area contributed by atoms with E-state index in [1.807, 2.05) is 36.7 Å². The van der Waals surface area contributed by atoms with Crippen LogP contribution < -0.4 is 10.2 Å². The van der Waals surface area contributed by atoms with E-state index in [4.69, 9.17) is 0 Å².